The number of hydrogen-bond donors (Lipinski definition) is 1. The minimum absolute atomic E-state index is 0. The molecule has 1 saturated heterocycles. The monoisotopic (exact) mass is 486 g/mol. The topological polar surface area (TPSA) is 49.8 Å². The van der Waals surface area contributed by atoms with Crippen LogP contribution >= 0.6 is 24.0 Å². The van der Waals surface area contributed by atoms with Crippen LogP contribution in [0.3, 0.4) is 0 Å². The molecule has 0 aromatic carbocycles. The van der Waals surface area contributed by atoms with E-state index in [-0.39, 0.29) is 29.9 Å². The van der Waals surface area contributed by atoms with Crippen molar-refractivity contribution < 1.29 is 17.9 Å². The summed E-state index contributed by atoms with van der Waals surface area (Å²) in [5, 5.41) is 3.27. The molecule has 2 unspecified atom stereocenters. The van der Waals surface area contributed by atoms with Gasteiger partial charge in [-0.15, -0.1) is 24.0 Å². The summed E-state index contributed by atoms with van der Waals surface area (Å²) in [5.41, 5.74) is 0.784. The van der Waals surface area contributed by atoms with Crippen LogP contribution in [0.4, 0.5) is 13.2 Å². The molecule has 2 rings (SSSR count). The predicted molar refractivity (Wildman–Crippen MR) is 106 cm³/mol. The number of guanidine groups is 1. The summed E-state index contributed by atoms with van der Waals surface area (Å²) in [6, 6.07) is 3.25. The molecule has 9 heteroatoms. The number of nitrogens with zero attached hydrogens (tertiary/aromatic N) is 3. The molecule has 0 bridgehead atoms. The summed E-state index contributed by atoms with van der Waals surface area (Å²) in [4.78, 5) is 10.4. The number of halogens is 4. The number of rotatable bonds is 4. The first-order valence-corrected chi connectivity index (χ1v) is 8.37. The average molecular weight is 486 g/mol. The van der Waals surface area contributed by atoms with Gasteiger partial charge >= 0.3 is 6.18 Å². The number of hydrogen-bond acceptors (Lipinski definition) is 3. The van der Waals surface area contributed by atoms with Crippen LogP contribution < -0.4 is 10.1 Å². The Morgan fingerprint density at radius 1 is 1.35 bits per heavy atom. The van der Waals surface area contributed by atoms with Crippen molar-refractivity contribution in [1.82, 2.24) is 15.2 Å². The van der Waals surface area contributed by atoms with E-state index >= 15 is 0 Å². The van der Waals surface area contributed by atoms with Gasteiger partial charge in [0.2, 0.25) is 5.88 Å². The normalized spacial score (nSPS) is 21.2. The minimum atomic E-state index is -4.38. The van der Waals surface area contributed by atoms with Gasteiger partial charge in [-0.1, -0.05) is 13.8 Å². The maximum absolute atomic E-state index is 12.2. The summed E-state index contributed by atoms with van der Waals surface area (Å²) in [7, 11) is 1.73. The molecule has 0 aliphatic carbocycles. The third-order valence-electron chi connectivity index (χ3n) is 4.01. The lowest BCUT2D eigenvalue weighted by Crippen LogP contribution is -2.48. The predicted octanol–water partition coefficient (Wildman–Crippen LogP) is 3.69. The van der Waals surface area contributed by atoms with Gasteiger partial charge < -0.3 is 15.0 Å². The van der Waals surface area contributed by atoms with E-state index < -0.39 is 12.8 Å². The molecule has 1 aliphatic rings. The van der Waals surface area contributed by atoms with Crippen molar-refractivity contribution in [2.45, 2.75) is 33.0 Å². The molecule has 1 fully saturated rings. The maximum atomic E-state index is 12.2. The van der Waals surface area contributed by atoms with Crippen LogP contribution in [0, 0.1) is 11.8 Å². The van der Waals surface area contributed by atoms with Crippen LogP contribution in [0.5, 0.6) is 5.88 Å². The SMILES string of the molecule is CN=C(NCc1ccnc(OCC(F)(F)F)c1)N1CC(C)CC(C)C1.I. The van der Waals surface area contributed by atoms with E-state index in [0.717, 1.165) is 24.6 Å². The zero-order valence-electron chi connectivity index (χ0n) is 15.2. The smallest absolute Gasteiger partial charge is 0.422 e. The molecular formula is C17H26F3IN4O. The number of alkyl halides is 3. The van der Waals surface area contributed by atoms with Crippen LogP contribution in [-0.2, 0) is 6.54 Å². The quantitative estimate of drug-likeness (QED) is 0.401. The van der Waals surface area contributed by atoms with E-state index in [1.165, 1.54) is 18.7 Å². The number of piperidine rings is 1. The highest BCUT2D eigenvalue weighted by molar-refractivity contribution is 14.0. The second-order valence-electron chi connectivity index (χ2n) is 6.66. The van der Waals surface area contributed by atoms with Gasteiger partial charge in [0.1, 0.15) is 0 Å². The summed E-state index contributed by atoms with van der Waals surface area (Å²) >= 11 is 0. The fraction of sp³-hybridized carbons (Fsp3) is 0.647. The Labute approximate surface area is 169 Å². The molecule has 26 heavy (non-hydrogen) atoms. The maximum Gasteiger partial charge on any atom is 0.422 e. The average Bonchev–Trinajstić information content (AvgIpc) is 2.52. The number of ether oxygens (including phenoxy) is 1. The van der Waals surface area contributed by atoms with Crippen LogP contribution in [0.25, 0.3) is 0 Å². The standard InChI is InChI=1S/C17H25F3N4O.HI/c1-12-6-13(2)10-24(9-12)16(21-3)23-8-14-4-5-22-15(7-14)25-11-17(18,19)20;/h4-5,7,12-13H,6,8-11H2,1-3H3,(H,21,23);1H. The molecule has 0 radical (unpaired) electrons. The van der Waals surface area contributed by atoms with Crippen LogP contribution in [0.15, 0.2) is 23.3 Å². The highest BCUT2D eigenvalue weighted by atomic mass is 127. The lowest BCUT2D eigenvalue weighted by atomic mass is 9.92. The minimum Gasteiger partial charge on any atom is -0.468 e. The largest absolute Gasteiger partial charge is 0.468 e. The van der Waals surface area contributed by atoms with Crippen molar-refractivity contribution in [2.24, 2.45) is 16.8 Å². The van der Waals surface area contributed by atoms with E-state index in [1.54, 1.807) is 13.1 Å². The summed E-state index contributed by atoms with van der Waals surface area (Å²) in [5.74, 6) is 1.97. The van der Waals surface area contributed by atoms with Crippen molar-refractivity contribution in [3.63, 3.8) is 0 Å². The fourth-order valence-electron chi connectivity index (χ4n) is 3.14. The molecule has 5 nitrogen and oxygen atoms in total. The Balaban J connectivity index is 0.00000338. The van der Waals surface area contributed by atoms with Crippen molar-refractivity contribution >= 4 is 29.9 Å². The Hall–Kier alpha value is -1.26. The number of pyridine rings is 1. The molecule has 0 amide bonds. The number of nitrogens with one attached hydrogen (secondary N) is 1. The van der Waals surface area contributed by atoms with Gasteiger partial charge in [-0.3, -0.25) is 4.99 Å². The molecule has 2 heterocycles. The number of likely N-dealkylation sites (tertiary alicyclic amines) is 1. The number of aliphatic imine (C=N–C) groups is 1. The first kappa shape index (κ1) is 22.8. The van der Waals surface area contributed by atoms with Gasteiger partial charge in [0, 0.05) is 38.9 Å². The van der Waals surface area contributed by atoms with E-state index in [9.17, 15) is 13.2 Å². The lowest BCUT2D eigenvalue weighted by molar-refractivity contribution is -0.154. The highest BCUT2D eigenvalue weighted by Crippen LogP contribution is 2.21. The molecule has 0 spiro atoms. The van der Waals surface area contributed by atoms with Gasteiger partial charge in [0.25, 0.3) is 0 Å². The number of aromatic nitrogens is 1. The fourth-order valence-corrected chi connectivity index (χ4v) is 3.14. The molecule has 148 valence electrons. The third-order valence-corrected chi connectivity index (χ3v) is 4.01. The summed E-state index contributed by atoms with van der Waals surface area (Å²) in [6.45, 7) is 5.44. The highest BCUT2D eigenvalue weighted by Gasteiger charge is 2.28. The third kappa shape index (κ3) is 7.55. The summed E-state index contributed by atoms with van der Waals surface area (Å²) in [6.07, 6.45) is -1.73. The van der Waals surface area contributed by atoms with E-state index in [0.29, 0.717) is 18.4 Å². The van der Waals surface area contributed by atoms with Crippen LogP contribution in [0.2, 0.25) is 0 Å². The van der Waals surface area contributed by atoms with Gasteiger partial charge in [-0.25, -0.2) is 4.98 Å². The van der Waals surface area contributed by atoms with Crippen LogP contribution in [0.1, 0.15) is 25.8 Å². The van der Waals surface area contributed by atoms with Crippen molar-refractivity contribution in [3.8, 4) is 5.88 Å². The molecular weight excluding hydrogens is 460 g/mol. The Kier molecular flexibility index (Phi) is 8.91. The first-order chi connectivity index (χ1) is 11.8. The molecule has 1 N–H and O–H groups in total. The zero-order chi connectivity index (χ0) is 18.4. The molecule has 1 aromatic rings. The van der Waals surface area contributed by atoms with Crippen molar-refractivity contribution in [1.29, 1.82) is 0 Å². The van der Waals surface area contributed by atoms with Crippen molar-refractivity contribution in [3.05, 3.63) is 23.9 Å². The Morgan fingerprint density at radius 3 is 2.58 bits per heavy atom. The van der Waals surface area contributed by atoms with Crippen molar-refractivity contribution in [2.75, 3.05) is 26.7 Å². The molecule has 2 atom stereocenters. The van der Waals surface area contributed by atoms with E-state index in [1.807, 2.05) is 0 Å². The Morgan fingerprint density at radius 2 is 2.00 bits per heavy atom. The Bertz CT molecular complexity index is 588. The second kappa shape index (κ2) is 10.2. The molecule has 1 aliphatic heterocycles. The second-order valence-corrected chi connectivity index (χ2v) is 6.66. The van der Waals surface area contributed by atoms with Gasteiger partial charge in [0.05, 0.1) is 0 Å². The van der Waals surface area contributed by atoms with Crippen LogP contribution in [-0.4, -0.2) is 48.8 Å². The zero-order valence-corrected chi connectivity index (χ0v) is 17.5. The summed E-state index contributed by atoms with van der Waals surface area (Å²) < 4.78 is 41.4. The molecule has 1 aromatic heterocycles. The first-order valence-electron chi connectivity index (χ1n) is 8.37. The lowest BCUT2D eigenvalue weighted by Gasteiger charge is -2.37. The molecule has 0 saturated carbocycles. The van der Waals surface area contributed by atoms with E-state index in [4.69, 9.17) is 0 Å². The van der Waals surface area contributed by atoms with Gasteiger partial charge in [0.15, 0.2) is 12.6 Å². The van der Waals surface area contributed by atoms with Gasteiger partial charge in [-0.2, -0.15) is 13.2 Å². The van der Waals surface area contributed by atoms with Gasteiger partial charge in [-0.05, 0) is 29.9 Å². The van der Waals surface area contributed by atoms with E-state index in [2.05, 4.69) is 38.8 Å².